The van der Waals surface area contributed by atoms with Crippen molar-refractivity contribution < 1.29 is 9.59 Å². The van der Waals surface area contributed by atoms with E-state index in [0.717, 1.165) is 5.69 Å². The molecule has 1 N–H and O–H groups in total. The Balaban J connectivity index is 2.50. The number of piperazine rings is 1. The molecule has 20 heavy (non-hydrogen) atoms. The zero-order valence-corrected chi connectivity index (χ0v) is 13.3. The van der Waals surface area contributed by atoms with Gasteiger partial charge in [-0.2, -0.15) is 11.3 Å². The van der Waals surface area contributed by atoms with Gasteiger partial charge in [-0.1, -0.05) is 27.7 Å². The highest BCUT2D eigenvalue weighted by Crippen LogP contribution is 2.33. The second kappa shape index (κ2) is 5.56. The summed E-state index contributed by atoms with van der Waals surface area (Å²) in [6.07, 6.45) is 1.22. The van der Waals surface area contributed by atoms with Crippen molar-refractivity contribution in [3.8, 4) is 0 Å². The molecule has 0 spiro atoms. The minimum atomic E-state index is -0.760. The number of anilines is 1. The van der Waals surface area contributed by atoms with Gasteiger partial charge in [0.15, 0.2) is 0 Å². The van der Waals surface area contributed by atoms with Gasteiger partial charge in [0.1, 0.15) is 11.6 Å². The van der Waals surface area contributed by atoms with E-state index in [9.17, 15) is 9.59 Å². The Morgan fingerprint density at radius 1 is 1.35 bits per heavy atom. The molecule has 2 rings (SSSR count). The summed E-state index contributed by atoms with van der Waals surface area (Å²) in [6, 6.07) is 1.48. The molecule has 2 amide bonds. The van der Waals surface area contributed by atoms with Gasteiger partial charge in [-0.25, -0.2) is 0 Å². The summed E-state index contributed by atoms with van der Waals surface area (Å²) in [4.78, 5) is 27.2. The van der Waals surface area contributed by atoms with Crippen LogP contribution in [0.2, 0.25) is 0 Å². The van der Waals surface area contributed by atoms with Gasteiger partial charge in [0, 0.05) is 5.38 Å². The fourth-order valence-electron chi connectivity index (χ4n) is 2.84. The fourth-order valence-corrected chi connectivity index (χ4v) is 3.47. The average Bonchev–Trinajstić information content (AvgIpc) is 2.93. The Bertz CT molecular complexity index is 492. The second-order valence-corrected chi connectivity index (χ2v) is 6.40. The van der Waals surface area contributed by atoms with Crippen molar-refractivity contribution in [3.05, 3.63) is 16.8 Å². The maximum Gasteiger partial charge on any atom is 0.253 e. The molecule has 0 aromatic carbocycles. The van der Waals surface area contributed by atoms with Crippen LogP contribution in [0.4, 0.5) is 5.69 Å². The first-order valence-electron chi connectivity index (χ1n) is 7.14. The molecule has 1 atom stereocenters. The largest absolute Gasteiger partial charge is 0.340 e. The van der Waals surface area contributed by atoms with E-state index in [-0.39, 0.29) is 17.7 Å². The zero-order chi connectivity index (χ0) is 14.9. The third-order valence-corrected chi connectivity index (χ3v) is 4.83. The average molecular weight is 294 g/mol. The van der Waals surface area contributed by atoms with Crippen LogP contribution in [0.5, 0.6) is 0 Å². The minimum absolute atomic E-state index is 0.0131. The van der Waals surface area contributed by atoms with Gasteiger partial charge in [-0.15, -0.1) is 0 Å². The summed E-state index contributed by atoms with van der Waals surface area (Å²) in [5.74, 6) is 0.0410. The van der Waals surface area contributed by atoms with Crippen LogP contribution in [-0.2, 0) is 9.59 Å². The predicted molar refractivity (Wildman–Crippen MR) is 81.9 cm³/mol. The maximum atomic E-state index is 13.0. The summed E-state index contributed by atoms with van der Waals surface area (Å²) in [5, 5.41) is 6.84. The third-order valence-electron chi connectivity index (χ3n) is 4.16. The number of carbonyl (C=O) groups excluding carboxylic acids is 2. The Labute approximate surface area is 124 Å². The van der Waals surface area contributed by atoms with Crippen molar-refractivity contribution in [2.45, 2.75) is 52.1 Å². The van der Waals surface area contributed by atoms with Crippen molar-refractivity contribution in [3.63, 3.8) is 0 Å². The summed E-state index contributed by atoms with van der Waals surface area (Å²) in [7, 11) is 0. The maximum absolute atomic E-state index is 13.0. The lowest BCUT2D eigenvalue weighted by Crippen LogP contribution is -2.71. The number of carbonyl (C=O) groups is 2. The molecule has 2 heterocycles. The highest BCUT2D eigenvalue weighted by atomic mass is 32.1. The molecular weight excluding hydrogens is 272 g/mol. The van der Waals surface area contributed by atoms with E-state index in [2.05, 4.69) is 5.32 Å². The number of nitrogens with zero attached hydrogens (tertiary/aromatic N) is 1. The molecule has 5 heteroatoms. The monoisotopic (exact) mass is 294 g/mol. The van der Waals surface area contributed by atoms with Gasteiger partial charge in [0.2, 0.25) is 5.91 Å². The smallest absolute Gasteiger partial charge is 0.253 e. The van der Waals surface area contributed by atoms with E-state index in [4.69, 9.17) is 0 Å². The van der Waals surface area contributed by atoms with Gasteiger partial charge >= 0.3 is 0 Å². The molecule has 0 saturated carbocycles. The summed E-state index contributed by atoms with van der Waals surface area (Å²) >= 11 is 1.54. The summed E-state index contributed by atoms with van der Waals surface area (Å²) < 4.78 is 0. The highest BCUT2D eigenvalue weighted by molar-refractivity contribution is 7.08. The Kier molecular flexibility index (Phi) is 4.18. The van der Waals surface area contributed by atoms with E-state index >= 15 is 0 Å². The molecular formula is C15H22N2O2S. The molecule has 1 unspecified atom stereocenters. The van der Waals surface area contributed by atoms with E-state index in [1.54, 1.807) is 16.2 Å². The van der Waals surface area contributed by atoms with Crippen LogP contribution in [0, 0.1) is 5.92 Å². The first-order chi connectivity index (χ1) is 9.46. The summed E-state index contributed by atoms with van der Waals surface area (Å²) in [6.45, 7) is 7.84. The van der Waals surface area contributed by atoms with Crippen LogP contribution < -0.4 is 10.2 Å². The van der Waals surface area contributed by atoms with Crippen LogP contribution in [0.3, 0.4) is 0 Å². The number of hydrogen-bond acceptors (Lipinski definition) is 3. The predicted octanol–water partition coefficient (Wildman–Crippen LogP) is 2.79. The number of nitrogens with one attached hydrogen (secondary N) is 1. The van der Waals surface area contributed by atoms with Crippen molar-refractivity contribution in [2.75, 3.05) is 4.90 Å². The van der Waals surface area contributed by atoms with Crippen molar-refractivity contribution in [1.29, 1.82) is 0 Å². The Morgan fingerprint density at radius 2 is 2.00 bits per heavy atom. The fraction of sp³-hybridized carbons (Fsp3) is 0.600. The Hall–Kier alpha value is -1.36. The lowest BCUT2D eigenvalue weighted by Gasteiger charge is -2.46. The molecule has 0 aliphatic carbocycles. The first kappa shape index (κ1) is 15.0. The van der Waals surface area contributed by atoms with E-state index in [1.165, 1.54) is 0 Å². The second-order valence-electron chi connectivity index (χ2n) is 5.62. The lowest BCUT2D eigenvalue weighted by molar-refractivity contribution is -0.139. The van der Waals surface area contributed by atoms with E-state index < -0.39 is 11.6 Å². The quantitative estimate of drug-likeness (QED) is 0.928. The topological polar surface area (TPSA) is 49.4 Å². The van der Waals surface area contributed by atoms with Gasteiger partial charge in [-0.3, -0.25) is 14.5 Å². The first-order valence-corrected chi connectivity index (χ1v) is 8.09. The van der Waals surface area contributed by atoms with E-state index in [1.807, 2.05) is 44.5 Å². The Morgan fingerprint density at radius 3 is 2.45 bits per heavy atom. The van der Waals surface area contributed by atoms with Crippen LogP contribution in [0.1, 0.15) is 40.5 Å². The minimum Gasteiger partial charge on any atom is -0.340 e. The third kappa shape index (κ3) is 2.24. The number of hydrogen-bond donors (Lipinski definition) is 1. The van der Waals surface area contributed by atoms with Crippen molar-refractivity contribution in [2.24, 2.45) is 5.92 Å². The molecule has 1 fully saturated rings. The van der Waals surface area contributed by atoms with Crippen LogP contribution in [0.25, 0.3) is 0 Å². The number of rotatable bonds is 4. The number of thiophene rings is 1. The van der Waals surface area contributed by atoms with Crippen molar-refractivity contribution in [1.82, 2.24) is 5.32 Å². The molecule has 0 bridgehead atoms. The van der Waals surface area contributed by atoms with E-state index in [0.29, 0.717) is 12.8 Å². The van der Waals surface area contributed by atoms with Crippen LogP contribution in [-0.4, -0.2) is 23.4 Å². The SMILES string of the molecule is CCC1(CC)NC(=O)C(C(C)C)N(c2ccsc2)C1=O. The summed E-state index contributed by atoms with van der Waals surface area (Å²) in [5.41, 5.74) is 0.0737. The molecule has 1 aliphatic heterocycles. The normalized spacial score (nSPS) is 22.2. The van der Waals surface area contributed by atoms with Crippen LogP contribution >= 0.6 is 11.3 Å². The zero-order valence-electron chi connectivity index (χ0n) is 12.5. The van der Waals surface area contributed by atoms with Gasteiger partial charge in [0.25, 0.3) is 5.91 Å². The molecule has 1 aliphatic rings. The standard InChI is InChI=1S/C15H22N2O2S/c1-5-15(6-2)14(19)17(11-7-8-20-9-11)12(10(3)4)13(18)16-15/h7-10,12H,5-6H2,1-4H3,(H,16,18). The molecule has 4 nitrogen and oxygen atoms in total. The van der Waals surface area contributed by atoms with Gasteiger partial charge < -0.3 is 5.32 Å². The number of amides is 2. The molecule has 110 valence electrons. The molecule has 1 aromatic rings. The lowest BCUT2D eigenvalue weighted by atomic mass is 9.84. The molecule has 1 aromatic heterocycles. The highest BCUT2D eigenvalue weighted by Gasteiger charge is 2.50. The van der Waals surface area contributed by atoms with Gasteiger partial charge in [0.05, 0.1) is 5.69 Å². The van der Waals surface area contributed by atoms with Gasteiger partial charge in [-0.05, 0) is 30.2 Å². The van der Waals surface area contributed by atoms with Crippen LogP contribution in [0.15, 0.2) is 16.8 Å². The van der Waals surface area contributed by atoms with Crippen molar-refractivity contribution >= 4 is 28.8 Å². The molecule has 1 saturated heterocycles. The molecule has 0 radical (unpaired) electrons.